The number of carbonyl (C=O) groups is 1. The molecule has 2 aromatic rings. The molecule has 4 heteroatoms. The fraction of sp³-hybridized carbons (Fsp3) is 0.167. The Bertz CT molecular complexity index is 546. The summed E-state index contributed by atoms with van der Waals surface area (Å²) in [5.74, 6) is -0.971. The highest BCUT2D eigenvalue weighted by Crippen LogP contribution is 2.25. The first-order valence-corrected chi connectivity index (χ1v) is 5.72. The van der Waals surface area contributed by atoms with Crippen LogP contribution in [0.4, 0.5) is 0 Å². The van der Waals surface area contributed by atoms with E-state index in [0.29, 0.717) is 0 Å². The van der Waals surface area contributed by atoms with Gasteiger partial charge in [-0.05, 0) is 25.5 Å². The number of benzene rings is 1. The molecule has 0 atom stereocenters. The summed E-state index contributed by atoms with van der Waals surface area (Å²) >= 11 is 1.16. The quantitative estimate of drug-likeness (QED) is 0.867. The third kappa shape index (κ3) is 1.97. The molecule has 0 aliphatic heterocycles. The number of nitrogens with zero attached hydrogens (tertiary/aromatic N) is 1. The van der Waals surface area contributed by atoms with Crippen LogP contribution in [0.2, 0.25) is 0 Å². The van der Waals surface area contributed by atoms with Gasteiger partial charge in [0.1, 0.15) is 0 Å². The highest BCUT2D eigenvalue weighted by atomic mass is 32.1. The molecule has 1 heterocycles. The smallest absolute Gasteiger partial charge is 0.365 e. The fourth-order valence-corrected chi connectivity index (χ4v) is 2.16. The van der Waals surface area contributed by atoms with Gasteiger partial charge in [-0.2, -0.15) is 0 Å². The normalized spacial score (nSPS) is 10.4. The van der Waals surface area contributed by atoms with E-state index in [-0.39, 0.29) is 5.01 Å². The van der Waals surface area contributed by atoms with Gasteiger partial charge in [0.15, 0.2) is 0 Å². The molecule has 0 aliphatic rings. The molecule has 82 valence electrons. The van der Waals surface area contributed by atoms with E-state index in [0.717, 1.165) is 33.7 Å². The fourth-order valence-electron chi connectivity index (χ4n) is 1.51. The van der Waals surface area contributed by atoms with Crippen molar-refractivity contribution in [3.63, 3.8) is 0 Å². The number of aromatic carboxylic acids is 1. The molecule has 0 aliphatic carbocycles. The summed E-state index contributed by atoms with van der Waals surface area (Å²) in [5, 5.41) is 10.7. The van der Waals surface area contributed by atoms with Crippen LogP contribution in [0.5, 0.6) is 0 Å². The lowest BCUT2D eigenvalue weighted by molar-refractivity contribution is 0.0696. The van der Waals surface area contributed by atoms with Gasteiger partial charge in [0.2, 0.25) is 5.01 Å². The Kier molecular flexibility index (Phi) is 2.75. The molecule has 0 amide bonds. The highest BCUT2D eigenvalue weighted by molar-refractivity contribution is 7.11. The third-order valence-electron chi connectivity index (χ3n) is 2.36. The summed E-state index contributed by atoms with van der Waals surface area (Å²) in [4.78, 5) is 14.8. The van der Waals surface area contributed by atoms with Gasteiger partial charge >= 0.3 is 5.97 Å². The molecule has 0 spiro atoms. The molecule has 0 saturated carbocycles. The van der Waals surface area contributed by atoms with Crippen molar-refractivity contribution in [1.29, 1.82) is 0 Å². The minimum absolute atomic E-state index is 0.135. The molecule has 0 unspecified atom stereocenters. The number of thiazole rings is 1. The van der Waals surface area contributed by atoms with E-state index in [2.05, 4.69) is 4.98 Å². The standard InChI is InChI=1S/C12H11NO2S/c1-7-3-4-8(2)9(5-7)10-6-16-11(13-10)12(14)15/h3-6H,1-2H3,(H,14,15). The Balaban J connectivity index is 2.50. The van der Waals surface area contributed by atoms with E-state index in [1.54, 1.807) is 5.38 Å². The van der Waals surface area contributed by atoms with E-state index in [9.17, 15) is 4.79 Å². The largest absolute Gasteiger partial charge is 0.476 e. The number of hydrogen-bond donors (Lipinski definition) is 1. The second-order valence-electron chi connectivity index (χ2n) is 3.66. The molecular formula is C12H11NO2S. The van der Waals surface area contributed by atoms with Crippen LogP contribution < -0.4 is 0 Å². The van der Waals surface area contributed by atoms with E-state index in [1.165, 1.54) is 0 Å². The lowest BCUT2D eigenvalue weighted by atomic mass is 10.0. The molecule has 1 N–H and O–H groups in total. The molecular weight excluding hydrogens is 222 g/mol. The number of carboxylic acids is 1. The Morgan fingerprint density at radius 2 is 2.12 bits per heavy atom. The van der Waals surface area contributed by atoms with Gasteiger partial charge in [-0.25, -0.2) is 9.78 Å². The molecule has 0 saturated heterocycles. The third-order valence-corrected chi connectivity index (χ3v) is 3.19. The molecule has 0 bridgehead atoms. The van der Waals surface area contributed by atoms with Gasteiger partial charge in [0.25, 0.3) is 0 Å². The van der Waals surface area contributed by atoms with Gasteiger partial charge in [-0.15, -0.1) is 11.3 Å². The van der Waals surface area contributed by atoms with E-state index in [4.69, 9.17) is 5.11 Å². The minimum Gasteiger partial charge on any atom is -0.476 e. The van der Waals surface area contributed by atoms with E-state index >= 15 is 0 Å². The van der Waals surface area contributed by atoms with Crippen LogP contribution in [-0.4, -0.2) is 16.1 Å². The van der Waals surface area contributed by atoms with Gasteiger partial charge < -0.3 is 5.11 Å². The van der Waals surface area contributed by atoms with Crippen LogP contribution >= 0.6 is 11.3 Å². The van der Waals surface area contributed by atoms with Crippen molar-refractivity contribution in [2.75, 3.05) is 0 Å². The monoisotopic (exact) mass is 233 g/mol. The minimum atomic E-state index is -0.971. The van der Waals surface area contributed by atoms with Crippen molar-refractivity contribution in [2.45, 2.75) is 13.8 Å². The molecule has 0 fully saturated rings. The average molecular weight is 233 g/mol. The zero-order valence-electron chi connectivity index (χ0n) is 9.02. The van der Waals surface area contributed by atoms with Gasteiger partial charge in [0.05, 0.1) is 5.69 Å². The van der Waals surface area contributed by atoms with Crippen molar-refractivity contribution in [3.8, 4) is 11.3 Å². The predicted molar refractivity (Wildman–Crippen MR) is 64.0 cm³/mol. The van der Waals surface area contributed by atoms with Gasteiger partial charge in [-0.1, -0.05) is 17.7 Å². The molecule has 2 rings (SSSR count). The first-order chi connectivity index (χ1) is 7.58. The molecule has 16 heavy (non-hydrogen) atoms. The first kappa shape index (κ1) is 10.8. The summed E-state index contributed by atoms with van der Waals surface area (Å²) < 4.78 is 0. The Hall–Kier alpha value is -1.68. The number of aromatic nitrogens is 1. The predicted octanol–water partition coefficient (Wildman–Crippen LogP) is 3.13. The molecule has 1 aromatic heterocycles. The topological polar surface area (TPSA) is 50.2 Å². The maximum absolute atomic E-state index is 10.7. The lowest BCUT2D eigenvalue weighted by Crippen LogP contribution is -1.94. The molecule has 1 aromatic carbocycles. The maximum atomic E-state index is 10.7. The first-order valence-electron chi connectivity index (χ1n) is 4.84. The van der Waals surface area contributed by atoms with Crippen molar-refractivity contribution in [3.05, 3.63) is 39.7 Å². The molecule has 3 nitrogen and oxygen atoms in total. The van der Waals surface area contributed by atoms with Crippen LogP contribution in [0.3, 0.4) is 0 Å². The second kappa shape index (κ2) is 4.06. The second-order valence-corrected chi connectivity index (χ2v) is 4.52. The summed E-state index contributed by atoms with van der Waals surface area (Å²) in [6, 6.07) is 6.07. The summed E-state index contributed by atoms with van der Waals surface area (Å²) in [7, 11) is 0. The van der Waals surface area contributed by atoms with Crippen molar-refractivity contribution >= 4 is 17.3 Å². The van der Waals surface area contributed by atoms with Crippen molar-refractivity contribution in [1.82, 2.24) is 4.98 Å². The Morgan fingerprint density at radius 3 is 2.75 bits per heavy atom. The number of aryl methyl sites for hydroxylation is 2. The van der Waals surface area contributed by atoms with Crippen LogP contribution in [0, 0.1) is 13.8 Å². The maximum Gasteiger partial charge on any atom is 0.365 e. The van der Waals surface area contributed by atoms with Crippen LogP contribution in [0.1, 0.15) is 20.9 Å². The summed E-state index contributed by atoms with van der Waals surface area (Å²) in [6.07, 6.45) is 0. The zero-order valence-corrected chi connectivity index (χ0v) is 9.84. The number of hydrogen-bond acceptors (Lipinski definition) is 3. The Morgan fingerprint density at radius 1 is 1.38 bits per heavy atom. The van der Waals surface area contributed by atoms with Crippen molar-refractivity contribution < 1.29 is 9.90 Å². The zero-order chi connectivity index (χ0) is 11.7. The number of rotatable bonds is 2. The summed E-state index contributed by atoms with van der Waals surface area (Å²) in [6.45, 7) is 4.00. The SMILES string of the molecule is Cc1ccc(C)c(-c2csc(C(=O)O)n2)c1. The summed E-state index contributed by atoms with van der Waals surface area (Å²) in [5.41, 5.74) is 3.99. The van der Waals surface area contributed by atoms with E-state index in [1.807, 2.05) is 32.0 Å². The van der Waals surface area contributed by atoms with E-state index < -0.39 is 5.97 Å². The Labute approximate surface area is 97.4 Å². The highest BCUT2D eigenvalue weighted by Gasteiger charge is 2.11. The van der Waals surface area contributed by atoms with Crippen LogP contribution in [-0.2, 0) is 0 Å². The number of carboxylic acid groups (broad SMARTS) is 1. The van der Waals surface area contributed by atoms with Gasteiger partial charge in [0, 0.05) is 10.9 Å². The van der Waals surface area contributed by atoms with Gasteiger partial charge in [-0.3, -0.25) is 0 Å². The van der Waals surface area contributed by atoms with Crippen molar-refractivity contribution in [2.24, 2.45) is 0 Å². The lowest BCUT2D eigenvalue weighted by Gasteiger charge is -2.03. The average Bonchev–Trinajstić information content (AvgIpc) is 2.70. The van der Waals surface area contributed by atoms with Crippen LogP contribution in [0.15, 0.2) is 23.6 Å². The molecule has 0 radical (unpaired) electrons. The van der Waals surface area contributed by atoms with Crippen LogP contribution in [0.25, 0.3) is 11.3 Å².